The average molecular weight is 377 g/mol. The Balaban J connectivity index is 2.26. The van der Waals surface area contributed by atoms with E-state index < -0.39 is 0 Å². The normalized spacial score (nSPS) is 17.7. The quantitative estimate of drug-likeness (QED) is 0.465. The van der Waals surface area contributed by atoms with E-state index in [1.807, 2.05) is 12.2 Å². The van der Waals surface area contributed by atoms with Crippen molar-refractivity contribution in [2.75, 3.05) is 0 Å². The van der Waals surface area contributed by atoms with Crippen molar-refractivity contribution in [1.82, 2.24) is 10.6 Å². The highest BCUT2D eigenvalue weighted by Gasteiger charge is 2.31. The standard InChI is InChI=1S/C26H36N2/c1-7-19(3)25(27-21(5)23-15-11-9-12-16-23)26(20(4)8-2)28-22(6)24-17-13-10-14-18-24/h7-22,25-28H,1-2H2,3-6H3/t19-,20?,21-,22-,25+,26+/m0/s1. The van der Waals surface area contributed by atoms with E-state index in [2.05, 4.69) is 112 Å². The molecule has 0 aromatic heterocycles. The van der Waals surface area contributed by atoms with Crippen LogP contribution in [0.25, 0.3) is 0 Å². The Kier molecular flexibility index (Phi) is 8.69. The van der Waals surface area contributed by atoms with Crippen molar-refractivity contribution in [3.8, 4) is 0 Å². The number of nitrogens with one attached hydrogen (secondary N) is 2. The molecule has 2 nitrogen and oxygen atoms in total. The van der Waals surface area contributed by atoms with Crippen molar-refractivity contribution in [2.24, 2.45) is 11.8 Å². The Labute approximate surface area is 171 Å². The van der Waals surface area contributed by atoms with Crippen molar-refractivity contribution in [3.63, 3.8) is 0 Å². The SMILES string of the molecule is C=CC(C)[C@@H](N[C@@H](C)c1ccccc1)[C@H](N[C@@H](C)c1ccccc1)[C@@H](C)C=C. The van der Waals surface area contributed by atoms with Crippen LogP contribution >= 0.6 is 0 Å². The zero-order valence-corrected chi connectivity index (χ0v) is 17.8. The number of rotatable bonds is 11. The molecule has 0 aliphatic rings. The average Bonchev–Trinajstić information content (AvgIpc) is 2.75. The predicted molar refractivity (Wildman–Crippen MR) is 122 cm³/mol. The van der Waals surface area contributed by atoms with Crippen molar-refractivity contribution >= 4 is 0 Å². The van der Waals surface area contributed by atoms with E-state index in [0.717, 1.165) is 0 Å². The van der Waals surface area contributed by atoms with Gasteiger partial charge in [-0.3, -0.25) is 0 Å². The Morgan fingerprint density at radius 1 is 0.607 bits per heavy atom. The molecule has 0 amide bonds. The van der Waals surface area contributed by atoms with Crippen LogP contribution < -0.4 is 10.6 Å². The van der Waals surface area contributed by atoms with Gasteiger partial charge in [0.2, 0.25) is 0 Å². The van der Waals surface area contributed by atoms with Gasteiger partial charge in [-0.2, -0.15) is 0 Å². The van der Waals surface area contributed by atoms with Crippen molar-refractivity contribution in [1.29, 1.82) is 0 Å². The molecule has 0 saturated carbocycles. The highest BCUT2D eigenvalue weighted by atomic mass is 15.1. The van der Waals surface area contributed by atoms with Gasteiger partial charge in [-0.05, 0) is 36.8 Å². The zero-order valence-electron chi connectivity index (χ0n) is 17.8. The lowest BCUT2D eigenvalue weighted by atomic mass is 9.85. The van der Waals surface area contributed by atoms with Gasteiger partial charge in [0.15, 0.2) is 0 Å². The van der Waals surface area contributed by atoms with E-state index in [9.17, 15) is 0 Å². The Hall–Kier alpha value is -2.16. The summed E-state index contributed by atoms with van der Waals surface area (Å²) in [5.74, 6) is 0.628. The molecule has 0 heterocycles. The van der Waals surface area contributed by atoms with Crippen molar-refractivity contribution < 1.29 is 0 Å². The second-order valence-corrected chi connectivity index (χ2v) is 7.84. The van der Waals surface area contributed by atoms with Crippen LogP contribution in [0, 0.1) is 11.8 Å². The minimum Gasteiger partial charge on any atom is -0.305 e. The number of hydrogen-bond donors (Lipinski definition) is 2. The van der Waals surface area contributed by atoms with Gasteiger partial charge in [0.1, 0.15) is 0 Å². The van der Waals surface area contributed by atoms with Gasteiger partial charge in [0, 0.05) is 24.2 Å². The molecule has 0 aliphatic heterocycles. The smallest absolute Gasteiger partial charge is 0.0295 e. The van der Waals surface area contributed by atoms with Crippen LogP contribution in [-0.4, -0.2) is 12.1 Å². The highest BCUT2D eigenvalue weighted by Crippen LogP contribution is 2.24. The molecule has 2 N–H and O–H groups in total. The first kappa shape index (κ1) is 22.1. The topological polar surface area (TPSA) is 24.1 Å². The summed E-state index contributed by atoms with van der Waals surface area (Å²) in [5, 5.41) is 7.75. The second-order valence-electron chi connectivity index (χ2n) is 7.84. The van der Waals surface area contributed by atoms with Gasteiger partial charge < -0.3 is 10.6 Å². The molecule has 0 spiro atoms. The summed E-state index contributed by atoms with van der Waals surface area (Å²) in [6, 6.07) is 22.2. The largest absolute Gasteiger partial charge is 0.305 e. The van der Waals surface area contributed by atoms with Crippen LogP contribution in [0.4, 0.5) is 0 Å². The summed E-state index contributed by atoms with van der Waals surface area (Å²) in [5.41, 5.74) is 2.59. The lowest BCUT2D eigenvalue weighted by molar-refractivity contribution is 0.247. The number of benzene rings is 2. The molecule has 2 aromatic carbocycles. The van der Waals surface area contributed by atoms with Crippen LogP contribution in [0.15, 0.2) is 86.0 Å². The summed E-state index contributed by atoms with van der Waals surface area (Å²) >= 11 is 0. The molecule has 6 atom stereocenters. The molecule has 0 fully saturated rings. The summed E-state index contributed by atoms with van der Waals surface area (Å²) in [7, 11) is 0. The van der Waals surface area contributed by atoms with E-state index in [1.165, 1.54) is 11.1 Å². The third-order valence-corrected chi connectivity index (χ3v) is 5.75. The first-order valence-electron chi connectivity index (χ1n) is 10.3. The maximum absolute atomic E-state index is 4.07. The molecule has 150 valence electrons. The summed E-state index contributed by atoms with van der Waals surface area (Å²) in [6.07, 6.45) is 4.10. The molecule has 0 radical (unpaired) electrons. The molecule has 2 rings (SSSR count). The monoisotopic (exact) mass is 376 g/mol. The minimum atomic E-state index is 0.229. The first-order chi connectivity index (χ1) is 13.5. The van der Waals surface area contributed by atoms with Crippen molar-refractivity contribution in [2.45, 2.75) is 51.9 Å². The molecule has 1 unspecified atom stereocenters. The van der Waals surface area contributed by atoms with E-state index in [-0.39, 0.29) is 24.2 Å². The summed E-state index contributed by atoms with van der Waals surface area (Å²) in [6.45, 7) is 17.1. The fraction of sp³-hybridized carbons (Fsp3) is 0.385. The molecule has 0 bridgehead atoms. The van der Waals surface area contributed by atoms with Crippen LogP contribution in [0.3, 0.4) is 0 Å². The zero-order chi connectivity index (χ0) is 20.5. The van der Waals surface area contributed by atoms with Crippen LogP contribution in [0.1, 0.15) is 50.9 Å². The van der Waals surface area contributed by atoms with Crippen LogP contribution in [-0.2, 0) is 0 Å². The molecule has 2 heteroatoms. The highest BCUT2D eigenvalue weighted by molar-refractivity contribution is 5.20. The van der Waals surface area contributed by atoms with Gasteiger partial charge in [0.05, 0.1) is 0 Å². The van der Waals surface area contributed by atoms with Crippen molar-refractivity contribution in [3.05, 3.63) is 97.1 Å². The van der Waals surface area contributed by atoms with Gasteiger partial charge in [-0.25, -0.2) is 0 Å². The van der Waals surface area contributed by atoms with E-state index in [0.29, 0.717) is 11.8 Å². The van der Waals surface area contributed by atoms with E-state index >= 15 is 0 Å². The fourth-order valence-electron chi connectivity index (χ4n) is 3.71. The molecular weight excluding hydrogens is 340 g/mol. The Morgan fingerprint density at radius 3 is 1.21 bits per heavy atom. The van der Waals surface area contributed by atoms with E-state index in [4.69, 9.17) is 0 Å². The predicted octanol–water partition coefficient (Wildman–Crippen LogP) is 6.07. The van der Waals surface area contributed by atoms with Gasteiger partial charge in [-0.15, -0.1) is 13.2 Å². The van der Waals surface area contributed by atoms with Crippen LogP contribution in [0.2, 0.25) is 0 Å². The van der Waals surface area contributed by atoms with Gasteiger partial charge in [0.25, 0.3) is 0 Å². The Bertz CT molecular complexity index is 646. The minimum absolute atomic E-state index is 0.229. The maximum Gasteiger partial charge on any atom is 0.0295 e. The van der Waals surface area contributed by atoms with E-state index in [1.54, 1.807) is 0 Å². The van der Waals surface area contributed by atoms with Crippen LogP contribution in [0.5, 0.6) is 0 Å². The lowest BCUT2D eigenvalue weighted by Crippen LogP contribution is -2.54. The molecule has 0 saturated heterocycles. The molecule has 28 heavy (non-hydrogen) atoms. The molecule has 0 aliphatic carbocycles. The third kappa shape index (κ3) is 5.92. The summed E-state index contributed by atoms with van der Waals surface area (Å²) in [4.78, 5) is 0. The van der Waals surface area contributed by atoms with Gasteiger partial charge >= 0.3 is 0 Å². The lowest BCUT2D eigenvalue weighted by Gasteiger charge is -2.39. The summed E-state index contributed by atoms with van der Waals surface area (Å²) < 4.78 is 0. The Morgan fingerprint density at radius 2 is 0.929 bits per heavy atom. The maximum atomic E-state index is 4.07. The first-order valence-corrected chi connectivity index (χ1v) is 10.3. The van der Waals surface area contributed by atoms with Gasteiger partial charge in [-0.1, -0.05) is 86.7 Å². The molecule has 2 aromatic rings. The second kappa shape index (κ2) is 11.0. The molecular formula is C26H36N2. The third-order valence-electron chi connectivity index (χ3n) is 5.75. The fourth-order valence-corrected chi connectivity index (χ4v) is 3.71. The number of hydrogen-bond acceptors (Lipinski definition) is 2.